The lowest BCUT2D eigenvalue weighted by Crippen LogP contribution is -2.60. The molecule has 104 valence electrons. The molecule has 1 fully saturated rings. The fourth-order valence-electron chi connectivity index (χ4n) is 2.93. The van der Waals surface area contributed by atoms with Crippen LogP contribution in [0, 0.1) is 0 Å². The molecular formula is C15H23N3O. The zero-order valence-electron chi connectivity index (χ0n) is 11.7. The number of hydrogen-bond donors (Lipinski definition) is 2. The average molecular weight is 261 g/mol. The van der Waals surface area contributed by atoms with E-state index in [4.69, 9.17) is 11.5 Å². The van der Waals surface area contributed by atoms with Crippen molar-refractivity contribution in [1.82, 2.24) is 4.90 Å². The first-order chi connectivity index (χ1) is 8.85. The van der Waals surface area contributed by atoms with Crippen molar-refractivity contribution in [2.45, 2.75) is 44.3 Å². The minimum atomic E-state index is -0.534. The van der Waals surface area contributed by atoms with E-state index in [2.05, 4.69) is 30.9 Å². The van der Waals surface area contributed by atoms with E-state index in [-0.39, 0.29) is 17.9 Å². The van der Waals surface area contributed by atoms with Gasteiger partial charge in [-0.25, -0.2) is 0 Å². The second-order valence-electron chi connectivity index (χ2n) is 6.02. The summed E-state index contributed by atoms with van der Waals surface area (Å²) in [7, 11) is 0. The number of benzene rings is 1. The molecular weight excluding hydrogens is 238 g/mol. The fourth-order valence-corrected chi connectivity index (χ4v) is 2.93. The SMILES string of the molecule is CC1(C)N(Cc2ccccc2)CCC1(N)CC(N)=O. The van der Waals surface area contributed by atoms with Crippen LogP contribution in [0.2, 0.25) is 0 Å². The average Bonchev–Trinajstić information content (AvgIpc) is 2.53. The van der Waals surface area contributed by atoms with Crippen molar-refractivity contribution < 1.29 is 4.79 Å². The molecule has 1 unspecified atom stereocenters. The summed E-state index contributed by atoms with van der Waals surface area (Å²) in [5.41, 5.74) is 12.3. The lowest BCUT2D eigenvalue weighted by molar-refractivity contribution is -0.119. The quantitative estimate of drug-likeness (QED) is 0.856. The normalized spacial score (nSPS) is 26.5. The molecule has 0 saturated carbocycles. The zero-order chi connectivity index (χ0) is 14.1. The predicted molar refractivity (Wildman–Crippen MR) is 76.3 cm³/mol. The Bertz CT molecular complexity index is 458. The number of nitrogens with zero attached hydrogens (tertiary/aromatic N) is 1. The molecule has 4 N–H and O–H groups in total. The Kier molecular flexibility index (Phi) is 3.65. The first kappa shape index (κ1) is 14.0. The van der Waals surface area contributed by atoms with Gasteiger partial charge in [-0.2, -0.15) is 0 Å². The molecule has 0 radical (unpaired) electrons. The molecule has 4 heteroatoms. The van der Waals surface area contributed by atoms with Crippen molar-refractivity contribution in [3.05, 3.63) is 35.9 Å². The van der Waals surface area contributed by atoms with Gasteiger partial charge < -0.3 is 11.5 Å². The maximum Gasteiger partial charge on any atom is 0.219 e. The number of nitrogens with two attached hydrogens (primary N) is 2. The Hall–Kier alpha value is -1.39. The van der Waals surface area contributed by atoms with Crippen LogP contribution >= 0.6 is 0 Å². The van der Waals surface area contributed by atoms with E-state index in [1.54, 1.807) is 0 Å². The van der Waals surface area contributed by atoms with Gasteiger partial charge in [0.2, 0.25) is 5.91 Å². The van der Waals surface area contributed by atoms with Crippen LogP contribution in [0.3, 0.4) is 0 Å². The van der Waals surface area contributed by atoms with Crippen molar-refractivity contribution in [3.8, 4) is 0 Å². The van der Waals surface area contributed by atoms with E-state index in [1.165, 1.54) is 5.56 Å². The summed E-state index contributed by atoms with van der Waals surface area (Å²) >= 11 is 0. The third-order valence-electron chi connectivity index (χ3n) is 4.54. The highest BCUT2D eigenvalue weighted by Gasteiger charge is 2.51. The number of carbonyl (C=O) groups is 1. The molecule has 19 heavy (non-hydrogen) atoms. The van der Waals surface area contributed by atoms with Gasteiger partial charge in [-0.15, -0.1) is 0 Å². The summed E-state index contributed by atoms with van der Waals surface area (Å²) in [6.07, 6.45) is 1.04. The van der Waals surface area contributed by atoms with Gasteiger partial charge in [0.05, 0.1) is 0 Å². The lowest BCUT2D eigenvalue weighted by atomic mass is 9.78. The molecule has 2 rings (SSSR count). The molecule has 1 amide bonds. The molecule has 0 bridgehead atoms. The third-order valence-corrected chi connectivity index (χ3v) is 4.54. The molecule has 1 aromatic carbocycles. The van der Waals surface area contributed by atoms with Gasteiger partial charge in [0.15, 0.2) is 0 Å². The summed E-state index contributed by atoms with van der Waals surface area (Å²) in [4.78, 5) is 13.6. The van der Waals surface area contributed by atoms with Gasteiger partial charge in [0.1, 0.15) is 0 Å². The molecule has 4 nitrogen and oxygen atoms in total. The standard InChI is InChI=1S/C15H23N3O/c1-14(2)15(17,10-13(16)19)8-9-18(14)11-12-6-4-3-5-7-12/h3-7H,8-11,17H2,1-2H3,(H2,16,19). The first-order valence-corrected chi connectivity index (χ1v) is 6.71. The van der Waals surface area contributed by atoms with Crippen LogP contribution in [0.1, 0.15) is 32.3 Å². The summed E-state index contributed by atoms with van der Waals surface area (Å²) in [5, 5.41) is 0. The van der Waals surface area contributed by atoms with Crippen LogP contribution in [0.25, 0.3) is 0 Å². The van der Waals surface area contributed by atoms with Crippen molar-refractivity contribution in [2.75, 3.05) is 6.54 Å². The predicted octanol–water partition coefficient (Wildman–Crippen LogP) is 1.24. The number of carbonyl (C=O) groups excluding carboxylic acids is 1. The lowest BCUT2D eigenvalue weighted by Gasteiger charge is -2.42. The highest BCUT2D eigenvalue weighted by molar-refractivity contribution is 5.75. The maximum absolute atomic E-state index is 11.2. The Labute approximate surface area is 114 Å². The third kappa shape index (κ3) is 2.65. The zero-order valence-corrected chi connectivity index (χ0v) is 11.7. The molecule has 1 saturated heterocycles. The van der Waals surface area contributed by atoms with E-state index in [0.29, 0.717) is 0 Å². The van der Waals surface area contributed by atoms with Crippen molar-refractivity contribution >= 4 is 5.91 Å². The van der Waals surface area contributed by atoms with Crippen LogP contribution in [0.5, 0.6) is 0 Å². The minimum absolute atomic E-state index is 0.238. The Morgan fingerprint density at radius 1 is 1.32 bits per heavy atom. The van der Waals surface area contributed by atoms with E-state index >= 15 is 0 Å². The van der Waals surface area contributed by atoms with Crippen LogP contribution in [0.15, 0.2) is 30.3 Å². The van der Waals surface area contributed by atoms with Gasteiger partial charge in [-0.05, 0) is 25.8 Å². The summed E-state index contributed by atoms with van der Waals surface area (Å²) in [6, 6.07) is 10.3. The van der Waals surface area contributed by atoms with Gasteiger partial charge in [0.25, 0.3) is 0 Å². The molecule has 0 spiro atoms. The molecule has 0 aromatic heterocycles. The largest absolute Gasteiger partial charge is 0.370 e. The molecule has 1 atom stereocenters. The minimum Gasteiger partial charge on any atom is -0.370 e. The van der Waals surface area contributed by atoms with Gasteiger partial charge in [0, 0.05) is 30.6 Å². The molecule has 1 aliphatic heterocycles. The Morgan fingerprint density at radius 3 is 2.53 bits per heavy atom. The monoisotopic (exact) mass is 261 g/mol. The number of amides is 1. The van der Waals surface area contributed by atoms with Crippen LogP contribution in [-0.4, -0.2) is 28.4 Å². The topological polar surface area (TPSA) is 72.3 Å². The molecule has 1 aromatic rings. The van der Waals surface area contributed by atoms with Crippen LogP contribution in [-0.2, 0) is 11.3 Å². The fraction of sp³-hybridized carbons (Fsp3) is 0.533. The van der Waals surface area contributed by atoms with Crippen molar-refractivity contribution in [1.29, 1.82) is 0 Å². The van der Waals surface area contributed by atoms with Gasteiger partial charge >= 0.3 is 0 Å². The number of likely N-dealkylation sites (tertiary alicyclic amines) is 1. The van der Waals surface area contributed by atoms with E-state index in [9.17, 15) is 4.79 Å². The van der Waals surface area contributed by atoms with Crippen molar-refractivity contribution in [3.63, 3.8) is 0 Å². The summed E-state index contributed by atoms with van der Waals surface area (Å²) in [6.45, 7) is 5.95. The number of rotatable bonds is 4. The van der Waals surface area contributed by atoms with E-state index in [0.717, 1.165) is 19.5 Å². The van der Waals surface area contributed by atoms with E-state index < -0.39 is 5.54 Å². The Balaban J connectivity index is 2.15. The van der Waals surface area contributed by atoms with Crippen molar-refractivity contribution in [2.24, 2.45) is 11.5 Å². The van der Waals surface area contributed by atoms with Crippen LogP contribution in [0.4, 0.5) is 0 Å². The van der Waals surface area contributed by atoms with Crippen LogP contribution < -0.4 is 11.5 Å². The second-order valence-corrected chi connectivity index (χ2v) is 6.02. The van der Waals surface area contributed by atoms with E-state index in [1.807, 2.05) is 18.2 Å². The molecule has 1 heterocycles. The second kappa shape index (κ2) is 4.94. The highest BCUT2D eigenvalue weighted by atomic mass is 16.1. The molecule has 1 aliphatic rings. The highest BCUT2D eigenvalue weighted by Crippen LogP contribution is 2.39. The number of primary amides is 1. The summed E-state index contributed by atoms with van der Waals surface area (Å²) < 4.78 is 0. The molecule has 0 aliphatic carbocycles. The Morgan fingerprint density at radius 2 is 1.95 bits per heavy atom. The summed E-state index contributed by atoms with van der Waals surface area (Å²) in [5.74, 6) is -0.322. The number of hydrogen-bond acceptors (Lipinski definition) is 3. The van der Waals surface area contributed by atoms with Gasteiger partial charge in [-0.3, -0.25) is 9.69 Å². The van der Waals surface area contributed by atoms with Gasteiger partial charge in [-0.1, -0.05) is 30.3 Å². The smallest absolute Gasteiger partial charge is 0.219 e. The first-order valence-electron chi connectivity index (χ1n) is 6.71. The maximum atomic E-state index is 11.2.